The van der Waals surface area contributed by atoms with Crippen LogP contribution in [0, 0.1) is 5.92 Å². The van der Waals surface area contributed by atoms with Crippen molar-refractivity contribution in [3.05, 3.63) is 12.2 Å². The molecule has 16 heavy (non-hydrogen) atoms. The Bertz CT molecular complexity index is 363. The molecule has 0 saturated heterocycles. The monoisotopic (exact) mass is 288 g/mol. The maximum atomic E-state index is 11.8. The van der Waals surface area contributed by atoms with Crippen molar-refractivity contribution in [2.75, 3.05) is 0 Å². The fraction of sp³-hybridized carbons (Fsp3) is 0.700. The third kappa shape index (κ3) is 3.04. The van der Waals surface area contributed by atoms with E-state index < -0.39 is 0 Å². The smallest absolute Gasteiger partial charge is 0.234 e. The van der Waals surface area contributed by atoms with Gasteiger partial charge in [-0.05, 0) is 12.8 Å². The van der Waals surface area contributed by atoms with Gasteiger partial charge in [0.2, 0.25) is 5.91 Å². The molecular weight excluding hydrogens is 272 g/mol. The Kier molecular flexibility index (Phi) is 4.46. The van der Waals surface area contributed by atoms with Gasteiger partial charge in [0.15, 0.2) is 5.82 Å². The average Bonchev–Trinajstić information content (AvgIpc) is 2.62. The summed E-state index contributed by atoms with van der Waals surface area (Å²) in [6, 6.07) is -0.140. The number of nitrogens with one attached hydrogen (secondary N) is 1. The number of halogens is 1. The quantitative estimate of drug-likeness (QED) is 0.853. The van der Waals surface area contributed by atoms with E-state index in [9.17, 15) is 4.79 Å². The van der Waals surface area contributed by atoms with Gasteiger partial charge in [0.1, 0.15) is 6.33 Å². The Balaban J connectivity index is 2.62. The second-order valence-electron chi connectivity index (χ2n) is 4.18. The van der Waals surface area contributed by atoms with E-state index in [1.54, 1.807) is 10.9 Å². The van der Waals surface area contributed by atoms with Crippen LogP contribution in [0.3, 0.4) is 0 Å². The molecule has 0 saturated carbocycles. The van der Waals surface area contributed by atoms with Crippen molar-refractivity contribution >= 4 is 21.8 Å². The number of amides is 1. The van der Waals surface area contributed by atoms with E-state index in [0.717, 1.165) is 5.82 Å². The van der Waals surface area contributed by atoms with Gasteiger partial charge in [0, 0.05) is 7.05 Å². The third-order valence-electron chi connectivity index (χ3n) is 2.33. The zero-order chi connectivity index (χ0) is 12.3. The fourth-order valence-corrected chi connectivity index (χ4v) is 1.48. The second-order valence-corrected chi connectivity index (χ2v) is 5.16. The number of rotatable bonds is 4. The lowest BCUT2D eigenvalue weighted by Gasteiger charge is -2.17. The third-order valence-corrected chi connectivity index (χ3v) is 3.80. The van der Waals surface area contributed by atoms with E-state index >= 15 is 0 Å². The molecule has 2 unspecified atom stereocenters. The Morgan fingerprint density at radius 3 is 2.56 bits per heavy atom. The van der Waals surface area contributed by atoms with Crippen LogP contribution in [0.1, 0.15) is 32.6 Å². The van der Waals surface area contributed by atoms with Gasteiger partial charge in [-0.25, -0.2) is 0 Å². The molecule has 0 aliphatic rings. The maximum absolute atomic E-state index is 11.8. The van der Waals surface area contributed by atoms with Gasteiger partial charge in [-0.15, -0.1) is 10.2 Å². The number of nitrogens with zero attached hydrogens (tertiary/aromatic N) is 3. The summed E-state index contributed by atoms with van der Waals surface area (Å²) in [5.74, 6) is 0.981. The summed E-state index contributed by atoms with van der Waals surface area (Å²) in [6.07, 6.45) is 1.62. The summed E-state index contributed by atoms with van der Waals surface area (Å²) in [7, 11) is 1.85. The number of aromatic nitrogens is 3. The van der Waals surface area contributed by atoms with Crippen molar-refractivity contribution in [1.29, 1.82) is 0 Å². The van der Waals surface area contributed by atoms with Gasteiger partial charge in [0.25, 0.3) is 0 Å². The zero-order valence-corrected chi connectivity index (χ0v) is 11.5. The molecule has 0 bridgehead atoms. The predicted molar refractivity (Wildman–Crippen MR) is 65.1 cm³/mol. The molecule has 1 amide bonds. The number of alkyl halides is 1. The molecule has 1 heterocycles. The SMILES string of the molecule is CC(NC(=O)C(Br)C(C)C)c1nncn1C. The largest absolute Gasteiger partial charge is 0.345 e. The molecule has 2 atom stereocenters. The standard InChI is InChI=1S/C10H17BrN4O/c1-6(2)8(11)10(16)13-7(3)9-14-12-5-15(9)4/h5-8H,1-4H3,(H,13,16). The Hall–Kier alpha value is -0.910. The molecule has 1 aromatic rings. The Labute approximate surface area is 104 Å². The topological polar surface area (TPSA) is 59.8 Å². The Morgan fingerprint density at radius 1 is 1.50 bits per heavy atom. The van der Waals surface area contributed by atoms with Crippen LogP contribution in [-0.2, 0) is 11.8 Å². The van der Waals surface area contributed by atoms with Crippen molar-refractivity contribution in [3.63, 3.8) is 0 Å². The van der Waals surface area contributed by atoms with Crippen molar-refractivity contribution in [1.82, 2.24) is 20.1 Å². The van der Waals surface area contributed by atoms with Crippen LogP contribution in [0.5, 0.6) is 0 Å². The molecule has 1 rings (SSSR count). The normalized spacial score (nSPS) is 14.9. The van der Waals surface area contributed by atoms with E-state index in [4.69, 9.17) is 0 Å². The van der Waals surface area contributed by atoms with E-state index in [2.05, 4.69) is 31.4 Å². The highest BCUT2D eigenvalue weighted by molar-refractivity contribution is 9.10. The molecular formula is C10H17BrN4O. The molecule has 0 spiro atoms. The van der Waals surface area contributed by atoms with Crippen molar-refractivity contribution < 1.29 is 4.79 Å². The van der Waals surface area contributed by atoms with Gasteiger partial charge in [-0.2, -0.15) is 0 Å². The molecule has 0 radical (unpaired) electrons. The van der Waals surface area contributed by atoms with Crippen LogP contribution in [0.4, 0.5) is 0 Å². The van der Waals surface area contributed by atoms with Crippen molar-refractivity contribution in [2.24, 2.45) is 13.0 Å². The summed E-state index contributed by atoms with van der Waals surface area (Å²) in [5.41, 5.74) is 0. The van der Waals surface area contributed by atoms with E-state index in [1.165, 1.54) is 0 Å². The van der Waals surface area contributed by atoms with Crippen LogP contribution < -0.4 is 5.32 Å². The van der Waals surface area contributed by atoms with Gasteiger partial charge in [-0.3, -0.25) is 4.79 Å². The molecule has 1 aromatic heterocycles. The molecule has 1 N–H and O–H groups in total. The summed E-state index contributed by atoms with van der Waals surface area (Å²) in [4.78, 5) is 11.6. The summed E-state index contributed by atoms with van der Waals surface area (Å²) in [5, 5.41) is 10.6. The molecule has 0 aliphatic heterocycles. The number of hydrogen-bond acceptors (Lipinski definition) is 3. The van der Waals surface area contributed by atoms with Gasteiger partial charge in [0.05, 0.1) is 10.9 Å². The lowest BCUT2D eigenvalue weighted by Crippen LogP contribution is -2.36. The van der Waals surface area contributed by atoms with Crippen LogP contribution in [-0.4, -0.2) is 25.5 Å². The highest BCUT2D eigenvalue weighted by atomic mass is 79.9. The minimum Gasteiger partial charge on any atom is -0.345 e. The van der Waals surface area contributed by atoms with Gasteiger partial charge < -0.3 is 9.88 Å². The van der Waals surface area contributed by atoms with Crippen LogP contribution >= 0.6 is 15.9 Å². The summed E-state index contributed by atoms with van der Waals surface area (Å²) >= 11 is 3.36. The summed E-state index contributed by atoms with van der Waals surface area (Å²) in [6.45, 7) is 5.87. The highest BCUT2D eigenvalue weighted by Crippen LogP contribution is 2.14. The van der Waals surface area contributed by atoms with E-state index in [0.29, 0.717) is 0 Å². The zero-order valence-electron chi connectivity index (χ0n) is 9.94. The van der Waals surface area contributed by atoms with Crippen molar-refractivity contribution in [2.45, 2.75) is 31.6 Å². The lowest BCUT2D eigenvalue weighted by molar-refractivity contribution is -0.121. The first-order chi connectivity index (χ1) is 7.43. The molecule has 0 aromatic carbocycles. The maximum Gasteiger partial charge on any atom is 0.234 e. The first-order valence-electron chi connectivity index (χ1n) is 5.21. The number of hydrogen-bond donors (Lipinski definition) is 1. The van der Waals surface area contributed by atoms with Crippen LogP contribution in [0.15, 0.2) is 6.33 Å². The first-order valence-corrected chi connectivity index (χ1v) is 6.13. The highest BCUT2D eigenvalue weighted by Gasteiger charge is 2.22. The molecule has 0 fully saturated rings. The Morgan fingerprint density at radius 2 is 2.12 bits per heavy atom. The molecule has 6 heteroatoms. The minimum atomic E-state index is -0.178. The first kappa shape index (κ1) is 13.2. The van der Waals surface area contributed by atoms with Crippen molar-refractivity contribution in [3.8, 4) is 0 Å². The average molecular weight is 289 g/mol. The lowest BCUT2D eigenvalue weighted by atomic mass is 10.1. The fourth-order valence-electron chi connectivity index (χ4n) is 1.34. The van der Waals surface area contributed by atoms with Crippen LogP contribution in [0.25, 0.3) is 0 Å². The van der Waals surface area contributed by atoms with Crippen LogP contribution in [0.2, 0.25) is 0 Å². The second kappa shape index (κ2) is 5.43. The molecule has 5 nitrogen and oxygen atoms in total. The predicted octanol–water partition coefficient (Wildman–Crippen LogP) is 1.41. The van der Waals surface area contributed by atoms with Gasteiger partial charge >= 0.3 is 0 Å². The molecule has 0 aliphatic carbocycles. The molecule has 90 valence electrons. The number of carbonyl (C=O) groups is 1. The number of aryl methyl sites for hydroxylation is 1. The summed E-state index contributed by atoms with van der Waals surface area (Å²) < 4.78 is 1.80. The number of carbonyl (C=O) groups excluding carboxylic acids is 1. The van der Waals surface area contributed by atoms with Gasteiger partial charge in [-0.1, -0.05) is 29.8 Å². The minimum absolute atomic E-state index is 0.0227. The van der Waals surface area contributed by atoms with E-state index in [-0.39, 0.29) is 22.7 Å². The van der Waals surface area contributed by atoms with E-state index in [1.807, 2.05) is 27.8 Å².